The SMILES string of the molecule is CCC(C)C(C(CC(=O)N1CCC[C@H]1C(OC)C(C)C(=O)NCCc1ccccc1)OC)N(C)C(=O)C(CCN)NC(=O)C(C(C)C)N(C)C. The zero-order valence-electron chi connectivity index (χ0n) is 32.3. The van der Waals surface area contributed by atoms with Crippen LogP contribution >= 0.6 is 0 Å². The molecule has 50 heavy (non-hydrogen) atoms. The summed E-state index contributed by atoms with van der Waals surface area (Å²) in [6.45, 7) is 11.2. The molecule has 1 aliphatic rings. The van der Waals surface area contributed by atoms with Gasteiger partial charge in [0.15, 0.2) is 0 Å². The Bertz CT molecular complexity index is 1190. The number of hydrogen-bond acceptors (Lipinski definition) is 8. The number of ether oxygens (including phenoxy) is 2. The number of hydrogen-bond donors (Lipinski definition) is 3. The number of likely N-dealkylation sites (tertiary alicyclic amines) is 1. The summed E-state index contributed by atoms with van der Waals surface area (Å²) < 4.78 is 11.9. The maximum atomic E-state index is 14.1. The van der Waals surface area contributed by atoms with Crippen molar-refractivity contribution in [3.05, 3.63) is 35.9 Å². The van der Waals surface area contributed by atoms with Crippen molar-refractivity contribution in [1.82, 2.24) is 25.3 Å². The molecule has 0 bridgehead atoms. The van der Waals surface area contributed by atoms with E-state index in [1.54, 1.807) is 26.2 Å². The van der Waals surface area contributed by atoms with Crippen LogP contribution in [-0.4, -0.2) is 130 Å². The third kappa shape index (κ3) is 11.7. The molecule has 2 rings (SSSR count). The summed E-state index contributed by atoms with van der Waals surface area (Å²) in [5, 5.41) is 6.01. The highest BCUT2D eigenvalue weighted by atomic mass is 16.5. The largest absolute Gasteiger partial charge is 0.379 e. The van der Waals surface area contributed by atoms with Crippen LogP contribution in [0.15, 0.2) is 30.3 Å². The lowest BCUT2D eigenvalue weighted by molar-refractivity contribution is -0.147. The maximum absolute atomic E-state index is 14.1. The lowest BCUT2D eigenvalue weighted by atomic mass is 9.90. The second kappa shape index (κ2) is 21.3. The number of rotatable bonds is 21. The Hall–Kier alpha value is -3.06. The molecule has 8 atom stereocenters. The van der Waals surface area contributed by atoms with Gasteiger partial charge in [-0.25, -0.2) is 0 Å². The molecular weight excluding hydrogens is 636 g/mol. The molecule has 0 spiro atoms. The molecule has 0 radical (unpaired) electrons. The van der Waals surface area contributed by atoms with Crippen LogP contribution in [0.1, 0.15) is 72.3 Å². The van der Waals surface area contributed by atoms with Crippen LogP contribution in [0.3, 0.4) is 0 Å². The van der Waals surface area contributed by atoms with Gasteiger partial charge in [0.1, 0.15) is 6.04 Å². The monoisotopic (exact) mass is 703 g/mol. The fourth-order valence-corrected chi connectivity index (χ4v) is 7.50. The number of likely N-dealkylation sites (N-methyl/N-ethyl adjacent to an activating group) is 2. The fraction of sp³-hybridized carbons (Fsp3) is 0.737. The summed E-state index contributed by atoms with van der Waals surface area (Å²) in [6.07, 6.45) is 2.25. The Morgan fingerprint density at radius 3 is 2.20 bits per heavy atom. The molecule has 0 aromatic heterocycles. The first kappa shape index (κ1) is 43.1. The van der Waals surface area contributed by atoms with Crippen LogP contribution in [0.5, 0.6) is 0 Å². The van der Waals surface area contributed by atoms with Gasteiger partial charge in [0.25, 0.3) is 0 Å². The average molecular weight is 703 g/mol. The molecule has 12 heteroatoms. The van der Waals surface area contributed by atoms with Gasteiger partial charge in [-0.1, -0.05) is 71.4 Å². The normalized spacial score (nSPS) is 19.0. The Kier molecular flexibility index (Phi) is 18.4. The molecule has 4 N–H and O–H groups in total. The second-order valence-electron chi connectivity index (χ2n) is 14.4. The lowest BCUT2D eigenvalue weighted by Gasteiger charge is -2.40. The molecule has 1 aromatic rings. The van der Waals surface area contributed by atoms with Gasteiger partial charge < -0.3 is 35.6 Å². The lowest BCUT2D eigenvalue weighted by Crippen LogP contribution is -2.58. The van der Waals surface area contributed by atoms with Gasteiger partial charge in [0.2, 0.25) is 23.6 Å². The van der Waals surface area contributed by atoms with Gasteiger partial charge in [-0.3, -0.25) is 24.1 Å². The van der Waals surface area contributed by atoms with E-state index < -0.39 is 36.3 Å². The highest BCUT2D eigenvalue weighted by Gasteiger charge is 2.42. The van der Waals surface area contributed by atoms with Crippen molar-refractivity contribution in [3.8, 4) is 0 Å². The number of nitrogens with zero attached hydrogens (tertiary/aromatic N) is 3. The van der Waals surface area contributed by atoms with Gasteiger partial charge in [-0.2, -0.15) is 0 Å². The van der Waals surface area contributed by atoms with Crippen molar-refractivity contribution >= 4 is 23.6 Å². The molecule has 12 nitrogen and oxygen atoms in total. The van der Waals surface area contributed by atoms with E-state index in [0.29, 0.717) is 13.1 Å². The summed E-state index contributed by atoms with van der Waals surface area (Å²) in [5.74, 6) is -1.15. The van der Waals surface area contributed by atoms with Crippen LogP contribution in [0.4, 0.5) is 0 Å². The molecule has 7 unspecified atom stereocenters. The van der Waals surface area contributed by atoms with E-state index in [4.69, 9.17) is 15.2 Å². The maximum Gasteiger partial charge on any atom is 0.245 e. The summed E-state index contributed by atoms with van der Waals surface area (Å²) in [7, 11) is 8.57. The average Bonchev–Trinajstić information content (AvgIpc) is 3.57. The van der Waals surface area contributed by atoms with Crippen LogP contribution in [0, 0.1) is 17.8 Å². The molecule has 0 aliphatic carbocycles. The molecule has 4 amide bonds. The number of nitrogens with two attached hydrogens (primary N) is 1. The summed E-state index contributed by atoms with van der Waals surface area (Å²) in [6, 6.07) is 8.07. The van der Waals surface area contributed by atoms with E-state index in [1.807, 2.05) is 88.8 Å². The number of methoxy groups -OCH3 is 2. The molecule has 284 valence electrons. The van der Waals surface area contributed by atoms with E-state index in [0.717, 1.165) is 31.2 Å². The molecule has 1 aliphatic heterocycles. The zero-order valence-corrected chi connectivity index (χ0v) is 32.3. The van der Waals surface area contributed by atoms with Crippen LogP contribution in [0.25, 0.3) is 0 Å². The number of amides is 4. The molecule has 1 saturated heterocycles. The van der Waals surface area contributed by atoms with E-state index in [-0.39, 0.29) is 60.9 Å². The van der Waals surface area contributed by atoms with Gasteiger partial charge in [0.05, 0.1) is 42.7 Å². The van der Waals surface area contributed by atoms with E-state index in [2.05, 4.69) is 10.6 Å². The van der Waals surface area contributed by atoms with Crippen LogP contribution < -0.4 is 16.4 Å². The first-order valence-corrected chi connectivity index (χ1v) is 18.3. The first-order valence-electron chi connectivity index (χ1n) is 18.3. The Balaban J connectivity index is 2.20. The molecule has 1 heterocycles. The van der Waals surface area contributed by atoms with Crippen molar-refractivity contribution in [2.45, 2.75) is 110 Å². The minimum absolute atomic E-state index is 0.0122. The standard InChI is InChI=1S/C38H66N6O6/c1-11-26(4)34(43(8)38(48)29(19-21-39)41-37(47)33(25(2)3)42(6)7)31(49-9)24-32(45)44-23-15-18-30(44)35(50-10)27(5)36(46)40-22-20-28-16-13-12-14-17-28/h12-14,16-17,25-27,29-31,33-35H,11,15,18-24,39H2,1-10H3,(H,40,46)(H,41,47)/t26?,27?,29?,30-,31?,33?,34?,35?/m0/s1. The van der Waals surface area contributed by atoms with Crippen molar-refractivity contribution in [3.63, 3.8) is 0 Å². The predicted octanol–water partition coefficient (Wildman–Crippen LogP) is 2.69. The molecule has 1 fully saturated rings. The first-order chi connectivity index (χ1) is 23.7. The fourth-order valence-electron chi connectivity index (χ4n) is 7.50. The highest BCUT2D eigenvalue weighted by molar-refractivity contribution is 5.90. The van der Waals surface area contributed by atoms with Crippen molar-refractivity contribution in [1.29, 1.82) is 0 Å². The van der Waals surface area contributed by atoms with E-state index in [9.17, 15) is 19.2 Å². The van der Waals surface area contributed by atoms with Crippen molar-refractivity contribution in [2.75, 3.05) is 55.0 Å². The quantitative estimate of drug-likeness (QED) is 0.177. The van der Waals surface area contributed by atoms with Gasteiger partial charge in [0, 0.05) is 34.4 Å². The Morgan fingerprint density at radius 1 is 1.00 bits per heavy atom. The third-order valence-corrected chi connectivity index (χ3v) is 10.3. The van der Waals surface area contributed by atoms with E-state index in [1.165, 1.54) is 0 Å². The zero-order chi connectivity index (χ0) is 37.5. The third-order valence-electron chi connectivity index (χ3n) is 10.3. The molecular formula is C38H66N6O6. The predicted molar refractivity (Wildman–Crippen MR) is 197 cm³/mol. The van der Waals surface area contributed by atoms with Gasteiger partial charge in [-0.15, -0.1) is 0 Å². The van der Waals surface area contributed by atoms with Gasteiger partial charge >= 0.3 is 0 Å². The van der Waals surface area contributed by atoms with Crippen molar-refractivity contribution < 1.29 is 28.7 Å². The minimum atomic E-state index is -0.816. The topological polar surface area (TPSA) is 147 Å². The van der Waals surface area contributed by atoms with Gasteiger partial charge in [-0.05, 0) is 63.7 Å². The summed E-state index contributed by atoms with van der Waals surface area (Å²) in [4.78, 5) is 60.0. The van der Waals surface area contributed by atoms with E-state index >= 15 is 0 Å². The smallest absolute Gasteiger partial charge is 0.245 e. The highest BCUT2D eigenvalue weighted by Crippen LogP contribution is 2.29. The minimum Gasteiger partial charge on any atom is -0.379 e. The summed E-state index contributed by atoms with van der Waals surface area (Å²) in [5.41, 5.74) is 7.07. The number of carbonyl (C=O) groups excluding carboxylic acids is 4. The summed E-state index contributed by atoms with van der Waals surface area (Å²) >= 11 is 0. The number of nitrogens with one attached hydrogen (secondary N) is 2. The van der Waals surface area contributed by atoms with Crippen LogP contribution in [-0.2, 0) is 35.1 Å². The Labute approximate surface area is 301 Å². The molecule has 1 aromatic carbocycles. The second-order valence-corrected chi connectivity index (χ2v) is 14.4. The number of benzene rings is 1. The van der Waals surface area contributed by atoms with Crippen LogP contribution in [0.2, 0.25) is 0 Å². The number of carbonyl (C=O) groups is 4. The Morgan fingerprint density at radius 2 is 1.66 bits per heavy atom. The van der Waals surface area contributed by atoms with Crippen molar-refractivity contribution in [2.24, 2.45) is 23.5 Å². The molecule has 0 saturated carbocycles.